The number of nitrogens with one attached hydrogen (secondary N) is 2. The van der Waals surface area contributed by atoms with Crippen LogP contribution in [0.15, 0.2) is 33.6 Å². The van der Waals surface area contributed by atoms with Gasteiger partial charge in [0.1, 0.15) is 10.7 Å². The molecule has 1 heterocycles. The van der Waals surface area contributed by atoms with E-state index < -0.39 is 15.4 Å². The molecule has 0 unspecified atom stereocenters. The number of amidine groups is 1. The van der Waals surface area contributed by atoms with Crippen LogP contribution in [0, 0.1) is 5.41 Å². The van der Waals surface area contributed by atoms with E-state index in [1.54, 1.807) is 18.2 Å². The van der Waals surface area contributed by atoms with Crippen molar-refractivity contribution in [3.8, 4) is 0 Å². The van der Waals surface area contributed by atoms with Crippen LogP contribution in [0.1, 0.15) is 52.9 Å². The van der Waals surface area contributed by atoms with Crippen LogP contribution in [-0.2, 0) is 14.8 Å². The van der Waals surface area contributed by atoms with Crippen LogP contribution in [0.3, 0.4) is 0 Å². The molecule has 0 fully saturated rings. The highest BCUT2D eigenvalue weighted by Crippen LogP contribution is 2.31. The molecule has 0 aliphatic carbocycles. The topological polar surface area (TPSA) is 87.6 Å². The number of carbonyl (C=O) groups excluding carboxylic acids is 1. The third-order valence-electron chi connectivity index (χ3n) is 4.06. The number of para-hydroxylation sites is 1. The Balaban J connectivity index is 1.99. The first-order valence-corrected chi connectivity index (χ1v) is 10.1. The summed E-state index contributed by atoms with van der Waals surface area (Å²) >= 11 is 0. The summed E-state index contributed by atoms with van der Waals surface area (Å²) in [5.41, 5.74) is 0.134. The number of nitrogens with zero attached hydrogens (tertiary/aromatic N) is 1. The van der Waals surface area contributed by atoms with Gasteiger partial charge in [0.2, 0.25) is 5.91 Å². The van der Waals surface area contributed by atoms with Gasteiger partial charge in [-0.05, 0) is 24.0 Å². The minimum absolute atomic E-state index is 0.0132. The molecule has 1 aromatic rings. The molecular weight excluding hydrogens is 338 g/mol. The molecule has 7 heteroatoms. The van der Waals surface area contributed by atoms with Gasteiger partial charge in [0.25, 0.3) is 10.0 Å². The second kappa shape index (κ2) is 7.99. The Bertz CT molecular complexity index is 755. The number of rotatable bonds is 8. The summed E-state index contributed by atoms with van der Waals surface area (Å²) in [7, 11) is -3.69. The molecule has 6 nitrogen and oxygen atoms in total. The van der Waals surface area contributed by atoms with Gasteiger partial charge in [-0.2, -0.15) is 8.42 Å². The Morgan fingerprint density at radius 2 is 1.96 bits per heavy atom. The zero-order valence-electron chi connectivity index (χ0n) is 15.1. The second-order valence-corrected chi connectivity index (χ2v) is 8.78. The summed E-state index contributed by atoms with van der Waals surface area (Å²) < 4.78 is 28.5. The monoisotopic (exact) mass is 365 g/mol. The van der Waals surface area contributed by atoms with Gasteiger partial charge in [-0.25, -0.2) is 0 Å². The van der Waals surface area contributed by atoms with Crippen LogP contribution in [0.4, 0.5) is 5.69 Å². The first kappa shape index (κ1) is 19.4. The van der Waals surface area contributed by atoms with Gasteiger partial charge in [-0.1, -0.05) is 45.7 Å². The van der Waals surface area contributed by atoms with Gasteiger partial charge in [-0.15, -0.1) is 4.40 Å². The van der Waals surface area contributed by atoms with E-state index in [0.717, 1.165) is 19.3 Å². The highest BCUT2D eigenvalue weighted by atomic mass is 32.2. The van der Waals surface area contributed by atoms with E-state index in [2.05, 4.69) is 22.0 Å². The molecule has 1 aromatic carbocycles. The van der Waals surface area contributed by atoms with E-state index in [1.165, 1.54) is 6.07 Å². The van der Waals surface area contributed by atoms with Crippen molar-refractivity contribution in [2.45, 2.75) is 57.8 Å². The minimum Gasteiger partial charge on any atom is -0.356 e. The van der Waals surface area contributed by atoms with E-state index >= 15 is 0 Å². The number of carbonyl (C=O) groups is 1. The molecular formula is C18H27N3O3S. The fourth-order valence-corrected chi connectivity index (χ4v) is 4.01. The van der Waals surface area contributed by atoms with Crippen molar-refractivity contribution < 1.29 is 13.2 Å². The lowest BCUT2D eigenvalue weighted by molar-refractivity contribution is -0.122. The van der Waals surface area contributed by atoms with Crippen LogP contribution in [-0.4, -0.2) is 26.7 Å². The molecule has 0 bridgehead atoms. The van der Waals surface area contributed by atoms with E-state index in [0.29, 0.717) is 30.9 Å². The van der Waals surface area contributed by atoms with Crippen molar-refractivity contribution in [3.05, 3.63) is 24.3 Å². The summed E-state index contributed by atoms with van der Waals surface area (Å²) in [6, 6.07) is 6.70. The average molecular weight is 365 g/mol. The van der Waals surface area contributed by atoms with Crippen molar-refractivity contribution in [1.29, 1.82) is 0 Å². The molecule has 0 aromatic heterocycles. The summed E-state index contributed by atoms with van der Waals surface area (Å²) in [6.07, 6.45) is 3.89. The number of unbranched alkanes of at least 4 members (excludes halogenated alkanes) is 2. The lowest BCUT2D eigenvalue weighted by Gasteiger charge is -2.27. The Morgan fingerprint density at radius 3 is 2.68 bits per heavy atom. The highest BCUT2D eigenvalue weighted by Gasteiger charge is 2.29. The lowest BCUT2D eigenvalue weighted by atomic mass is 9.84. The zero-order chi connectivity index (χ0) is 18.5. The summed E-state index contributed by atoms with van der Waals surface area (Å²) in [6.45, 7) is 6.69. The molecule has 1 aliphatic rings. The SMILES string of the molecule is CCCCCNC(=O)CC(C)(C)CC1=NS(=O)(=O)c2ccccc2N1. The Labute approximate surface area is 150 Å². The fraction of sp³-hybridized carbons (Fsp3) is 0.556. The summed E-state index contributed by atoms with van der Waals surface area (Å²) in [5.74, 6) is 0.364. The first-order valence-electron chi connectivity index (χ1n) is 8.70. The van der Waals surface area contributed by atoms with Crippen LogP contribution in [0.2, 0.25) is 0 Å². The van der Waals surface area contributed by atoms with E-state index in [9.17, 15) is 13.2 Å². The molecule has 0 radical (unpaired) electrons. The number of hydrogen-bond acceptors (Lipinski definition) is 4. The molecule has 2 rings (SSSR count). The van der Waals surface area contributed by atoms with Crippen molar-refractivity contribution >= 4 is 27.5 Å². The lowest BCUT2D eigenvalue weighted by Crippen LogP contribution is -2.33. The highest BCUT2D eigenvalue weighted by molar-refractivity contribution is 7.90. The molecule has 1 aliphatic heterocycles. The van der Waals surface area contributed by atoms with Crippen LogP contribution >= 0.6 is 0 Å². The molecule has 0 spiro atoms. The average Bonchev–Trinajstić information content (AvgIpc) is 2.50. The van der Waals surface area contributed by atoms with E-state index in [-0.39, 0.29) is 10.8 Å². The second-order valence-electron chi connectivity index (χ2n) is 7.21. The maximum Gasteiger partial charge on any atom is 0.286 e. The normalized spacial score (nSPS) is 15.7. The van der Waals surface area contributed by atoms with Crippen molar-refractivity contribution in [3.63, 3.8) is 0 Å². The number of fused-ring (bicyclic) bond motifs is 1. The maximum atomic E-state index is 12.3. The quantitative estimate of drug-likeness (QED) is 0.692. The molecule has 0 atom stereocenters. The van der Waals surface area contributed by atoms with Crippen LogP contribution in [0.5, 0.6) is 0 Å². The molecule has 0 saturated carbocycles. The van der Waals surface area contributed by atoms with Crippen molar-refractivity contribution in [1.82, 2.24) is 5.32 Å². The molecule has 2 N–H and O–H groups in total. The summed E-state index contributed by atoms with van der Waals surface area (Å²) in [5, 5.41) is 6.01. The molecule has 138 valence electrons. The van der Waals surface area contributed by atoms with Crippen molar-refractivity contribution in [2.24, 2.45) is 9.81 Å². The number of hydrogen-bond donors (Lipinski definition) is 2. The third-order valence-corrected chi connectivity index (χ3v) is 5.43. The summed E-state index contributed by atoms with van der Waals surface area (Å²) in [4.78, 5) is 12.3. The first-order chi connectivity index (χ1) is 11.7. The van der Waals surface area contributed by atoms with Crippen LogP contribution in [0.25, 0.3) is 0 Å². The Morgan fingerprint density at radius 1 is 1.24 bits per heavy atom. The smallest absolute Gasteiger partial charge is 0.286 e. The standard InChI is InChI=1S/C18H27N3O3S/c1-4-5-8-11-19-17(22)13-18(2,3)12-16-20-14-9-6-7-10-15(14)25(23,24)21-16/h6-7,9-10H,4-5,8,11-13H2,1-3H3,(H,19,22)(H,20,21). The molecule has 1 amide bonds. The fourth-order valence-electron chi connectivity index (χ4n) is 2.86. The van der Waals surface area contributed by atoms with Gasteiger partial charge in [0.05, 0.1) is 5.69 Å². The maximum absolute atomic E-state index is 12.3. The number of amides is 1. The van der Waals surface area contributed by atoms with Crippen molar-refractivity contribution in [2.75, 3.05) is 11.9 Å². The van der Waals surface area contributed by atoms with Gasteiger partial charge in [0.15, 0.2) is 0 Å². The van der Waals surface area contributed by atoms with Gasteiger partial charge < -0.3 is 10.6 Å². The predicted octanol–water partition coefficient (Wildman–Crippen LogP) is 3.31. The number of benzene rings is 1. The van der Waals surface area contributed by atoms with E-state index in [4.69, 9.17) is 0 Å². The Kier molecular flexibility index (Phi) is 6.21. The largest absolute Gasteiger partial charge is 0.356 e. The van der Waals surface area contributed by atoms with Gasteiger partial charge in [0, 0.05) is 19.4 Å². The predicted molar refractivity (Wildman–Crippen MR) is 100 cm³/mol. The molecule has 25 heavy (non-hydrogen) atoms. The zero-order valence-corrected chi connectivity index (χ0v) is 15.9. The van der Waals surface area contributed by atoms with Gasteiger partial charge in [-0.3, -0.25) is 4.79 Å². The van der Waals surface area contributed by atoms with Crippen LogP contribution < -0.4 is 10.6 Å². The number of sulfonamides is 1. The third kappa shape index (κ3) is 5.56. The minimum atomic E-state index is -3.69. The van der Waals surface area contributed by atoms with Gasteiger partial charge >= 0.3 is 0 Å². The molecule has 0 saturated heterocycles. The Hall–Kier alpha value is -1.89. The number of anilines is 1. The van der Waals surface area contributed by atoms with E-state index in [1.807, 2.05) is 13.8 Å².